The molecule has 7 heteroatoms. The van der Waals surface area contributed by atoms with Gasteiger partial charge in [0, 0.05) is 35.3 Å². The number of nitrogens with one attached hydrogen (secondary N) is 2. The highest BCUT2D eigenvalue weighted by Crippen LogP contribution is 2.22. The molecule has 2 N–H and O–H groups in total. The number of furan rings is 1. The molecule has 0 bridgehead atoms. The van der Waals surface area contributed by atoms with Gasteiger partial charge in [0.25, 0.3) is 5.91 Å². The molecule has 0 fully saturated rings. The van der Waals surface area contributed by atoms with Crippen LogP contribution < -0.4 is 10.7 Å². The van der Waals surface area contributed by atoms with Gasteiger partial charge in [0.2, 0.25) is 5.91 Å². The number of hydrazone groups is 1. The summed E-state index contributed by atoms with van der Waals surface area (Å²) in [6.07, 6.45) is 5.96. The van der Waals surface area contributed by atoms with Gasteiger partial charge in [-0.15, -0.1) is 0 Å². The van der Waals surface area contributed by atoms with Crippen molar-refractivity contribution in [3.63, 3.8) is 0 Å². The molecule has 0 radical (unpaired) electrons. The number of hydrogen-bond donors (Lipinski definition) is 2. The van der Waals surface area contributed by atoms with Gasteiger partial charge < -0.3 is 14.3 Å². The molecule has 0 unspecified atom stereocenters. The standard InChI is InChI=1S/C20H20N4O3/c1-14-17(16-7-3-4-8-18(16)24(14)2)12-22-23-20(26)13-21-19(25)10-9-15-6-5-11-27-15/h3-12H,13H2,1-2H3,(H,21,25)(H,23,26)/b10-9+,22-12-. The zero-order valence-electron chi connectivity index (χ0n) is 15.1. The van der Waals surface area contributed by atoms with E-state index in [1.54, 1.807) is 18.3 Å². The molecule has 2 amide bonds. The maximum atomic E-state index is 11.8. The number of benzene rings is 1. The molecule has 0 saturated heterocycles. The lowest BCUT2D eigenvalue weighted by atomic mass is 10.1. The molecule has 7 nitrogen and oxygen atoms in total. The number of rotatable bonds is 6. The van der Waals surface area contributed by atoms with Crippen molar-refractivity contribution < 1.29 is 14.0 Å². The monoisotopic (exact) mass is 364 g/mol. The summed E-state index contributed by atoms with van der Waals surface area (Å²) in [6.45, 7) is 1.82. The van der Waals surface area contributed by atoms with Gasteiger partial charge in [-0.1, -0.05) is 18.2 Å². The van der Waals surface area contributed by atoms with Crippen molar-refractivity contribution in [3.05, 3.63) is 65.8 Å². The Morgan fingerprint density at radius 1 is 1.22 bits per heavy atom. The SMILES string of the molecule is Cc1c(/C=N\NC(=O)CNC(=O)/C=C/c2ccco2)c2ccccc2n1C. The molecule has 3 rings (SSSR count). The molecular formula is C20H20N4O3. The van der Waals surface area contributed by atoms with Crippen LogP contribution in [-0.4, -0.2) is 29.1 Å². The van der Waals surface area contributed by atoms with Crippen molar-refractivity contribution in [2.45, 2.75) is 6.92 Å². The van der Waals surface area contributed by atoms with Gasteiger partial charge in [0.1, 0.15) is 5.76 Å². The van der Waals surface area contributed by atoms with Gasteiger partial charge in [0.05, 0.1) is 19.0 Å². The normalized spacial score (nSPS) is 11.5. The molecule has 0 aliphatic rings. The molecule has 0 atom stereocenters. The first-order valence-electron chi connectivity index (χ1n) is 8.41. The van der Waals surface area contributed by atoms with Crippen LogP contribution in [0.4, 0.5) is 0 Å². The number of aromatic nitrogens is 1. The van der Waals surface area contributed by atoms with E-state index in [1.807, 2.05) is 38.2 Å². The Balaban J connectivity index is 1.54. The number of carbonyl (C=O) groups is 2. The maximum Gasteiger partial charge on any atom is 0.259 e. The van der Waals surface area contributed by atoms with Crippen molar-refractivity contribution >= 4 is 35.0 Å². The van der Waals surface area contributed by atoms with Gasteiger partial charge in [-0.05, 0) is 31.2 Å². The van der Waals surface area contributed by atoms with E-state index in [2.05, 4.69) is 20.4 Å². The van der Waals surface area contributed by atoms with E-state index in [0.29, 0.717) is 5.76 Å². The molecule has 27 heavy (non-hydrogen) atoms. The highest BCUT2D eigenvalue weighted by Gasteiger charge is 2.09. The Labute approximate surface area is 156 Å². The predicted molar refractivity (Wildman–Crippen MR) is 104 cm³/mol. The average Bonchev–Trinajstić information content (AvgIpc) is 3.28. The molecule has 3 aromatic rings. The van der Waals surface area contributed by atoms with Crippen molar-refractivity contribution in [2.75, 3.05) is 6.54 Å². The predicted octanol–water partition coefficient (Wildman–Crippen LogP) is 2.36. The third kappa shape index (κ3) is 4.33. The first-order chi connectivity index (χ1) is 13.1. The van der Waals surface area contributed by atoms with Crippen LogP contribution in [0.1, 0.15) is 17.0 Å². The van der Waals surface area contributed by atoms with Crippen molar-refractivity contribution in [1.82, 2.24) is 15.3 Å². The zero-order chi connectivity index (χ0) is 19.2. The summed E-state index contributed by atoms with van der Waals surface area (Å²) in [5.41, 5.74) is 5.51. The smallest absolute Gasteiger partial charge is 0.259 e. The van der Waals surface area contributed by atoms with E-state index >= 15 is 0 Å². The minimum atomic E-state index is -0.413. The van der Waals surface area contributed by atoms with Crippen LogP contribution in [0.3, 0.4) is 0 Å². The first kappa shape index (κ1) is 18.2. The Hall–Kier alpha value is -3.61. The summed E-state index contributed by atoms with van der Waals surface area (Å²) in [7, 11) is 1.99. The number of amides is 2. The number of hydrogen-bond acceptors (Lipinski definition) is 4. The van der Waals surface area contributed by atoms with E-state index in [4.69, 9.17) is 4.42 Å². The highest BCUT2D eigenvalue weighted by atomic mass is 16.3. The number of nitrogens with zero attached hydrogens (tertiary/aromatic N) is 2. The Morgan fingerprint density at radius 3 is 2.81 bits per heavy atom. The summed E-state index contributed by atoms with van der Waals surface area (Å²) >= 11 is 0. The van der Waals surface area contributed by atoms with Crippen LogP contribution in [-0.2, 0) is 16.6 Å². The van der Waals surface area contributed by atoms with Crippen LogP contribution in [0.25, 0.3) is 17.0 Å². The van der Waals surface area contributed by atoms with Gasteiger partial charge in [-0.25, -0.2) is 5.43 Å². The van der Waals surface area contributed by atoms with Gasteiger partial charge in [0.15, 0.2) is 0 Å². The third-order valence-electron chi connectivity index (χ3n) is 4.20. The minimum Gasteiger partial charge on any atom is -0.465 e. The fourth-order valence-electron chi connectivity index (χ4n) is 2.69. The second kappa shape index (κ2) is 8.18. The molecule has 0 aliphatic carbocycles. The summed E-state index contributed by atoms with van der Waals surface area (Å²) in [5, 5.41) is 7.55. The second-order valence-electron chi connectivity index (χ2n) is 5.93. The van der Waals surface area contributed by atoms with E-state index in [1.165, 1.54) is 18.4 Å². The summed E-state index contributed by atoms with van der Waals surface area (Å²) < 4.78 is 7.15. The third-order valence-corrected chi connectivity index (χ3v) is 4.20. The van der Waals surface area contributed by atoms with Gasteiger partial charge in [-0.2, -0.15) is 5.10 Å². The lowest BCUT2D eigenvalue weighted by Crippen LogP contribution is -2.34. The van der Waals surface area contributed by atoms with Crippen LogP contribution in [0, 0.1) is 6.92 Å². The number of para-hydroxylation sites is 1. The number of carbonyl (C=O) groups excluding carboxylic acids is 2. The zero-order valence-corrected chi connectivity index (χ0v) is 15.1. The largest absolute Gasteiger partial charge is 0.465 e. The summed E-state index contributed by atoms with van der Waals surface area (Å²) in [4.78, 5) is 23.5. The Bertz CT molecular complexity index is 1010. The molecule has 2 heterocycles. The Morgan fingerprint density at radius 2 is 2.04 bits per heavy atom. The highest BCUT2D eigenvalue weighted by molar-refractivity contribution is 6.01. The van der Waals surface area contributed by atoms with Gasteiger partial charge in [-0.3, -0.25) is 9.59 Å². The van der Waals surface area contributed by atoms with E-state index < -0.39 is 11.8 Å². The van der Waals surface area contributed by atoms with E-state index in [9.17, 15) is 9.59 Å². The topological polar surface area (TPSA) is 88.6 Å². The van der Waals surface area contributed by atoms with Crippen molar-refractivity contribution in [1.29, 1.82) is 0 Å². The first-order valence-corrected chi connectivity index (χ1v) is 8.41. The quantitative estimate of drug-likeness (QED) is 0.400. The van der Waals surface area contributed by atoms with Gasteiger partial charge >= 0.3 is 0 Å². The summed E-state index contributed by atoms with van der Waals surface area (Å²) in [6, 6.07) is 11.4. The van der Waals surface area contributed by atoms with Crippen molar-refractivity contribution in [3.8, 4) is 0 Å². The molecule has 0 aliphatic heterocycles. The molecule has 0 saturated carbocycles. The van der Waals surface area contributed by atoms with E-state index in [-0.39, 0.29) is 6.54 Å². The molecule has 1 aromatic carbocycles. The fourth-order valence-corrected chi connectivity index (χ4v) is 2.69. The van der Waals surface area contributed by atoms with Crippen LogP contribution in [0.15, 0.2) is 58.3 Å². The molecule has 0 spiro atoms. The molecule has 138 valence electrons. The maximum absolute atomic E-state index is 11.8. The van der Waals surface area contributed by atoms with Crippen LogP contribution >= 0.6 is 0 Å². The number of fused-ring (bicyclic) bond motifs is 1. The molecular weight excluding hydrogens is 344 g/mol. The average molecular weight is 364 g/mol. The second-order valence-corrected chi connectivity index (χ2v) is 5.93. The Kier molecular flexibility index (Phi) is 5.51. The lowest BCUT2D eigenvalue weighted by Gasteiger charge is -2.01. The fraction of sp³-hybridized carbons (Fsp3) is 0.150. The molecule has 2 aromatic heterocycles. The van der Waals surface area contributed by atoms with Crippen LogP contribution in [0.5, 0.6) is 0 Å². The van der Waals surface area contributed by atoms with Crippen LogP contribution in [0.2, 0.25) is 0 Å². The minimum absolute atomic E-state index is 0.173. The van der Waals surface area contributed by atoms with E-state index in [0.717, 1.165) is 22.2 Å². The van der Waals surface area contributed by atoms with Crippen molar-refractivity contribution in [2.24, 2.45) is 12.1 Å². The lowest BCUT2D eigenvalue weighted by molar-refractivity contribution is -0.123. The summed E-state index contributed by atoms with van der Waals surface area (Å²) in [5.74, 6) is -0.246. The number of aryl methyl sites for hydroxylation is 1.